The van der Waals surface area contributed by atoms with Crippen molar-refractivity contribution in [2.24, 2.45) is 0 Å². The van der Waals surface area contributed by atoms with Crippen LogP contribution in [0.5, 0.6) is 0 Å². The van der Waals surface area contributed by atoms with E-state index in [2.05, 4.69) is 65.1 Å². The number of aromatic nitrogens is 2. The predicted octanol–water partition coefficient (Wildman–Crippen LogP) is 4.44. The first-order valence-electron chi connectivity index (χ1n) is 8.99. The van der Waals surface area contributed by atoms with Gasteiger partial charge in [-0.2, -0.15) is 0 Å². The Kier molecular flexibility index (Phi) is 4.64. The van der Waals surface area contributed by atoms with Crippen molar-refractivity contribution >= 4 is 11.3 Å². The highest BCUT2D eigenvalue weighted by molar-refractivity contribution is 7.13. The van der Waals surface area contributed by atoms with Crippen molar-refractivity contribution in [1.29, 1.82) is 0 Å². The van der Waals surface area contributed by atoms with Crippen molar-refractivity contribution < 1.29 is 0 Å². The van der Waals surface area contributed by atoms with Crippen LogP contribution in [0.4, 0.5) is 0 Å². The van der Waals surface area contributed by atoms with Gasteiger partial charge in [0.1, 0.15) is 5.01 Å². The van der Waals surface area contributed by atoms with Crippen LogP contribution in [0.15, 0.2) is 54.0 Å². The lowest BCUT2D eigenvalue weighted by molar-refractivity contribution is 0.356. The average Bonchev–Trinajstić information content (AvgIpc) is 3.20. The Balaban J connectivity index is 1.75. The first-order chi connectivity index (χ1) is 12.3. The van der Waals surface area contributed by atoms with Crippen molar-refractivity contribution in [3.05, 3.63) is 71.0 Å². The summed E-state index contributed by atoms with van der Waals surface area (Å²) in [5.41, 5.74) is 4.93. The Labute approximate surface area is 153 Å². The summed E-state index contributed by atoms with van der Waals surface area (Å²) < 4.78 is 0. The van der Waals surface area contributed by atoms with Crippen LogP contribution in [0, 0.1) is 0 Å². The van der Waals surface area contributed by atoms with Crippen LogP contribution in [0.25, 0.3) is 10.6 Å². The van der Waals surface area contributed by atoms with E-state index in [9.17, 15) is 0 Å². The fourth-order valence-electron chi connectivity index (χ4n) is 3.73. The third kappa shape index (κ3) is 3.12. The van der Waals surface area contributed by atoms with Gasteiger partial charge < -0.3 is 5.32 Å². The van der Waals surface area contributed by atoms with Gasteiger partial charge in [0, 0.05) is 28.2 Å². The first kappa shape index (κ1) is 16.4. The zero-order valence-electron chi connectivity index (χ0n) is 14.5. The van der Waals surface area contributed by atoms with Crippen molar-refractivity contribution in [3.63, 3.8) is 0 Å². The van der Waals surface area contributed by atoms with Gasteiger partial charge in [0.05, 0.1) is 5.69 Å². The van der Waals surface area contributed by atoms with Crippen LogP contribution in [-0.2, 0) is 11.8 Å². The molecule has 0 unspecified atom stereocenters. The molecule has 0 radical (unpaired) electrons. The van der Waals surface area contributed by atoms with Crippen LogP contribution in [0.3, 0.4) is 0 Å². The Morgan fingerprint density at radius 3 is 2.68 bits per heavy atom. The first-order valence-corrected chi connectivity index (χ1v) is 9.87. The minimum atomic E-state index is 0.0296. The van der Waals surface area contributed by atoms with E-state index in [-0.39, 0.29) is 5.41 Å². The molecule has 0 saturated carbocycles. The molecule has 3 heterocycles. The minimum Gasteiger partial charge on any atom is -0.317 e. The fraction of sp³-hybridized carbons (Fsp3) is 0.333. The highest BCUT2D eigenvalue weighted by atomic mass is 32.1. The standard InChI is InChI=1S/C21H23N3S/c1-2-18-14-16(8-11-23-18)20-24-19(15-25-20)21(9-12-22-13-10-21)17-6-4-3-5-7-17/h3-8,11,14-15,22H,2,9-10,12-13H2,1H3. The summed E-state index contributed by atoms with van der Waals surface area (Å²) in [5, 5.41) is 6.86. The monoisotopic (exact) mass is 349 g/mol. The second kappa shape index (κ2) is 7.06. The summed E-state index contributed by atoms with van der Waals surface area (Å²) in [6, 6.07) is 15.1. The zero-order valence-corrected chi connectivity index (χ0v) is 15.4. The molecule has 0 amide bonds. The number of benzene rings is 1. The summed E-state index contributed by atoms with van der Waals surface area (Å²) >= 11 is 1.75. The molecule has 1 saturated heterocycles. The highest BCUT2D eigenvalue weighted by Gasteiger charge is 2.37. The SMILES string of the molecule is CCc1cc(-c2nc(C3(c4ccccc4)CCNCC3)cs2)ccn1. The molecular formula is C21H23N3S. The Bertz CT molecular complexity index is 835. The van der Waals surface area contributed by atoms with Gasteiger partial charge in [-0.15, -0.1) is 11.3 Å². The van der Waals surface area contributed by atoms with Crippen LogP contribution in [0.1, 0.15) is 36.7 Å². The maximum Gasteiger partial charge on any atom is 0.123 e. The van der Waals surface area contributed by atoms with Crippen LogP contribution >= 0.6 is 11.3 Å². The van der Waals surface area contributed by atoms with Gasteiger partial charge in [0.25, 0.3) is 0 Å². The molecule has 1 fully saturated rings. The number of thiazole rings is 1. The second-order valence-electron chi connectivity index (χ2n) is 6.63. The molecule has 128 valence electrons. The van der Waals surface area contributed by atoms with Crippen molar-refractivity contribution in [2.75, 3.05) is 13.1 Å². The summed E-state index contributed by atoms with van der Waals surface area (Å²) in [7, 11) is 0. The van der Waals surface area contributed by atoms with Crippen molar-refractivity contribution in [1.82, 2.24) is 15.3 Å². The molecule has 0 aliphatic carbocycles. The minimum absolute atomic E-state index is 0.0296. The Hall–Kier alpha value is -2.04. The number of hydrogen-bond donors (Lipinski definition) is 1. The Morgan fingerprint density at radius 1 is 1.12 bits per heavy atom. The van der Waals surface area contributed by atoms with Gasteiger partial charge in [-0.25, -0.2) is 4.98 Å². The number of pyridine rings is 1. The molecule has 1 aliphatic rings. The zero-order chi connectivity index (χ0) is 17.1. The largest absolute Gasteiger partial charge is 0.317 e. The van der Waals surface area contributed by atoms with E-state index in [0.717, 1.165) is 43.1 Å². The molecule has 3 aromatic rings. The molecule has 1 aliphatic heterocycles. The van der Waals surface area contributed by atoms with Crippen LogP contribution < -0.4 is 5.32 Å². The molecule has 25 heavy (non-hydrogen) atoms. The van der Waals surface area contributed by atoms with E-state index in [1.54, 1.807) is 11.3 Å². The van der Waals surface area contributed by atoms with Gasteiger partial charge >= 0.3 is 0 Å². The average molecular weight is 350 g/mol. The normalized spacial score (nSPS) is 16.7. The van der Waals surface area contributed by atoms with Gasteiger partial charge in [-0.3, -0.25) is 4.98 Å². The Morgan fingerprint density at radius 2 is 1.92 bits per heavy atom. The summed E-state index contributed by atoms with van der Waals surface area (Å²) in [6.07, 6.45) is 5.03. The maximum atomic E-state index is 5.09. The highest BCUT2D eigenvalue weighted by Crippen LogP contribution is 2.41. The molecule has 0 bridgehead atoms. The lowest BCUT2D eigenvalue weighted by Crippen LogP contribution is -2.41. The maximum absolute atomic E-state index is 5.09. The predicted molar refractivity (Wildman–Crippen MR) is 104 cm³/mol. The molecule has 4 rings (SSSR count). The van der Waals surface area contributed by atoms with Crippen LogP contribution in [-0.4, -0.2) is 23.1 Å². The summed E-state index contributed by atoms with van der Waals surface area (Å²) in [6.45, 7) is 4.22. The van der Waals surface area contributed by atoms with E-state index in [1.807, 2.05) is 6.20 Å². The molecule has 0 atom stereocenters. The number of hydrogen-bond acceptors (Lipinski definition) is 4. The quantitative estimate of drug-likeness (QED) is 0.757. The van der Waals surface area contributed by atoms with E-state index in [1.165, 1.54) is 16.8 Å². The topological polar surface area (TPSA) is 37.8 Å². The van der Waals surface area contributed by atoms with E-state index < -0.39 is 0 Å². The second-order valence-corrected chi connectivity index (χ2v) is 7.48. The molecular weight excluding hydrogens is 326 g/mol. The molecule has 1 aromatic carbocycles. The summed E-state index contributed by atoms with van der Waals surface area (Å²) in [4.78, 5) is 9.50. The van der Waals surface area contributed by atoms with E-state index >= 15 is 0 Å². The lowest BCUT2D eigenvalue weighted by Gasteiger charge is -2.37. The lowest BCUT2D eigenvalue weighted by atomic mass is 9.71. The molecule has 1 N–H and O–H groups in total. The van der Waals surface area contributed by atoms with E-state index in [0.29, 0.717) is 0 Å². The van der Waals surface area contributed by atoms with Gasteiger partial charge in [-0.1, -0.05) is 37.3 Å². The molecule has 2 aromatic heterocycles. The van der Waals surface area contributed by atoms with E-state index in [4.69, 9.17) is 4.98 Å². The third-order valence-corrected chi connectivity index (χ3v) is 6.10. The van der Waals surface area contributed by atoms with Gasteiger partial charge in [0.2, 0.25) is 0 Å². The smallest absolute Gasteiger partial charge is 0.123 e. The van der Waals surface area contributed by atoms with Crippen molar-refractivity contribution in [2.45, 2.75) is 31.6 Å². The molecule has 0 spiro atoms. The third-order valence-electron chi connectivity index (χ3n) is 5.20. The number of piperidine rings is 1. The number of nitrogens with zero attached hydrogens (tertiary/aromatic N) is 2. The number of aryl methyl sites for hydroxylation is 1. The fourth-order valence-corrected chi connectivity index (χ4v) is 4.65. The molecule has 4 heteroatoms. The number of nitrogens with one attached hydrogen (secondary N) is 1. The van der Waals surface area contributed by atoms with Crippen LogP contribution in [0.2, 0.25) is 0 Å². The van der Waals surface area contributed by atoms with Crippen molar-refractivity contribution in [3.8, 4) is 10.6 Å². The summed E-state index contributed by atoms with van der Waals surface area (Å²) in [5.74, 6) is 0. The molecule has 3 nitrogen and oxygen atoms in total. The van der Waals surface area contributed by atoms with Gasteiger partial charge in [-0.05, 0) is 50.0 Å². The number of rotatable bonds is 4. The van der Waals surface area contributed by atoms with Gasteiger partial charge in [0.15, 0.2) is 0 Å².